The third-order valence-corrected chi connectivity index (χ3v) is 6.00. The van der Waals surface area contributed by atoms with Gasteiger partial charge in [-0.15, -0.1) is 0 Å². The quantitative estimate of drug-likeness (QED) is 0.237. The lowest BCUT2D eigenvalue weighted by atomic mass is 9.84. The minimum absolute atomic E-state index is 0.0172. The first-order valence-electron chi connectivity index (χ1n) is 11.8. The van der Waals surface area contributed by atoms with Crippen LogP contribution in [0.25, 0.3) is 5.76 Å². The number of hydrogen-bond donors (Lipinski definition) is 1. The van der Waals surface area contributed by atoms with Crippen molar-refractivity contribution in [2.75, 3.05) is 20.3 Å². The topological polar surface area (TPSA) is 76.1 Å². The predicted molar refractivity (Wildman–Crippen MR) is 133 cm³/mol. The Bertz CT molecular complexity index is 1120. The van der Waals surface area contributed by atoms with E-state index >= 15 is 0 Å². The van der Waals surface area contributed by atoms with Crippen molar-refractivity contribution < 1.29 is 28.6 Å². The van der Waals surface area contributed by atoms with E-state index in [1.807, 2.05) is 34.6 Å². The van der Waals surface area contributed by atoms with Crippen LogP contribution in [0.1, 0.15) is 63.8 Å². The molecule has 2 aromatic rings. The predicted octanol–water partition coefficient (Wildman–Crippen LogP) is 5.37. The fourth-order valence-electron chi connectivity index (χ4n) is 4.25. The van der Waals surface area contributed by atoms with Crippen LogP contribution in [0.5, 0.6) is 5.75 Å². The molecule has 0 saturated carbocycles. The van der Waals surface area contributed by atoms with E-state index in [-0.39, 0.29) is 29.4 Å². The van der Waals surface area contributed by atoms with Crippen LogP contribution in [-0.2, 0) is 19.7 Å². The second-order valence-corrected chi connectivity index (χ2v) is 9.98. The van der Waals surface area contributed by atoms with Gasteiger partial charge in [0, 0.05) is 24.3 Å². The molecule has 1 unspecified atom stereocenters. The van der Waals surface area contributed by atoms with Crippen LogP contribution in [0.2, 0.25) is 0 Å². The summed E-state index contributed by atoms with van der Waals surface area (Å²) in [5.74, 6) is -1.51. The molecule has 1 aliphatic rings. The molecule has 1 aliphatic heterocycles. The summed E-state index contributed by atoms with van der Waals surface area (Å²) in [4.78, 5) is 27.7. The van der Waals surface area contributed by atoms with Crippen molar-refractivity contribution in [3.63, 3.8) is 0 Å². The lowest BCUT2D eigenvalue weighted by molar-refractivity contribution is -0.140. The van der Waals surface area contributed by atoms with Crippen molar-refractivity contribution in [2.45, 2.75) is 58.6 Å². The fraction of sp³-hybridized carbons (Fsp3) is 0.429. The van der Waals surface area contributed by atoms with Crippen LogP contribution in [0, 0.1) is 5.82 Å². The summed E-state index contributed by atoms with van der Waals surface area (Å²) in [5.41, 5.74) is 1.49. The van der Waals surface area contributed by atoms with Gasteiger partial charge in [0.05, 0.1) is 24.8 Å². The number of halogens is 1. The number of Topliss-reactive ketones (excluding diaryl/α,β-unsaturated/α-hetero) is 1. The molecular formula is C28H34FNO5. The van der Waals surface area contributed by atoms with Crippen LogP contribution in [-0.4, -0.2) is 48.1 Å². The van der Waals surface area contributed by atoms with Gasteiger partial charge in [0.1, 0.15) is 17.3 Å². The van der Waals surface area contributed by atoms with Gasteiger partial charge in [-0.1, -0.05) is 32.9 Å². The smallest absolute Gasteiger partial charge is 0.295 e. The van der Waals surface area contributed by atoms with Gasteiger partial charge >= 0.3 is 0 Å². The summed E-state index contributed by atoms with van der Waals surface area (Å²) in [6, 6.07) is 9.97. The number of methoxy groups -OCH3 is 1. The number of amides is 1. The Morgan fingerprint density at radius 1 is 1.11 bits per heavy atom. The van der Waals surface area contributed by atoms with Crippen molar-refractivity contribution in [3.8, 4) is 5.75 Å². The van der Waals surface area contributed by atoms with Crippen LogP contribution < -0.4 is 4.74 Å². The molecular weight excluding hydrogens is 449 g/mol. The van der Waals surface area contributed by atoms with Gasteiger partial charge in [-0.25, -0.2) is 4.39 Å². The summed E-state index contributed by atoms with van der Waals surface area (Å²) in [5, 5.41) is 11.4. The van der Waals surface area contributed by atoms with Crippen LogP contribution in [0.3, 0.4) is 0 Å². The molecule has 7 heteroatoms. The number of carbonyl (C=O) groups is 2. The van der Waals surface area contributed by atoms with Gasteiger partial charge in [-0.05, 0) is 61.6 Å². The molecule has 35 heavy (non-hydrogen) atoms. The maximum atomic E-state index is 13.7. The van der Waals surface area contributed by atoms with Gasteiger partial charge in [0.25, 0.3) is 11.7 Å². The van der Waals surface area contributed by atoms with Crippen molar-refractivity contribution in [3.05, 3.63) is 70.5 Å². The molecule has 1 saturated heterocycles. The molecule has 0 spiro atoms. The van der Waals surface area contributed by atoms with Crippen LogP contribution >= 0.6 is 0 Å². The minimum atomic E-state index is -0.838. The highest BCUT2D eigenvalue weighted by Crippen LogP contribution is 2.41. The lowest BCUT2D eigenvalue weighted by Gasteiger charge is -2.26. The highest BCUT2D eigenvalue weighted by molar-refractivity contribution is 6.46. The average Bonchev–Trinajstić information content (AvgIpc) is 3.05. The van der Waals surface area contributed by atoms with E-state index in [1.54, 1.807) is 25.3 Å². The average molecular weight is 484 g/mol. The number of aliphatic hydroxyl groups is 1. The second kappa shape index (κ2) is 10.6. The number of nitrogens with zero attached hydrogens (tertiary/aromatic N) is 1. The molecule has 0 aromatic heterocycles. The monoisotopic (exact) mass is 483 g/mol. The Hall–Kier alpha value is -3.19. The molecule has 0 radical (unpaired) electrons. The van der Waals surface area contributed by atoms with Crippen molar-refractivity contribution in [2.24, 2.45) is 0 Å². The number of rotatable bonds is 8. The maximum absolute atomic E-state index is 13.7. The number of hydrogen-bond acceptors (Lipinski definition) is 5. The Morgan fingerprint density at radius 3 is 2.34 bits per heavy atom. The SMILES string of the molecule is COc1ccc(/C(O)=C2/C(=O)C(=O)N(CCCOC(C)C)C2c2ccc(F)cc2)cc1C(C)(C)C. The van der Waals surface area contributed by atoms with Gasteiger partial charge in [0.2, 0.25) is 0 Å². The minimum Gasteiger partial charge on any atom is -0.507 e. The van der Waals surface area contributed by atoms with E-state index in [1.165, 1.54) is 29.2 Å². The molecule has 1 N–H and O–H groups in total. The van der Waals surface area contributed by atoms with Crippen LogP contribution in [0.15, 0.2) is 48.0 Å². The van der Waals surface area contributed by atoms with E-state index in [0.717, 1.165) is 5.56 Å². The summed E-state index contributed by atoms with van der Waals surface area (Å²) in [6.45, 7) is 10.6. The first kappa shape index (κ1) is 26.4. The standard InChI is InChI=1S/C28H34FNO5/c1-17(2)35-15-7-14-30-24(18-8-11-20(29)12-9-18)23(26(32)27(30)33)25(31)19-10-13-22(34-6)21(16-19)28(3,4)5/h8-13,16-17,24,31H,7,14-15H2,1-6H3/b25-23-. The van der Waals surface area contributed by atoms with E-state index < -0.39 is 23.5 Å². The normalized spacial score (nSPS) is 17.9. The molecule has 1 amide bonds. The molecule has 0 bridgehead atoms. The Morgan fingerprint density at radius 2 is 1.77 bits per heavy atom. The molecule has 1 fully saturated rings. The summed E-state index contributed by atoms with van der Waals surface area (Å²) in [7, 11) is 1.58. The van der Waals surface area contributed by atoms with Gasteiger partial charge in [-0.2, -0.15) is 0 Å². The number of carbonyl (C=O) groups excluding carboxylic acids is 2. The highest BCUT2D eigenvalue weighted by Gasteiger charge is 2.45. The molecule has 3 rings (SSSR count). The van der Waals surface area contributed by atoms with Gasteiger partial charge in [-0.3, -0.25) is 9.59 Å². The zero-order valence-corrected chi connectivity index (χ0v) is 21.2. The van der Waals surface area contributed by atoms with Crippen LogP contribution in [0.4, 0.5) is 4.39 Å². The lowest BCUT2D eigenvalue weighted by Crippen LogP contribution is -2.31. The Labute approximate surface area is 206 Å². The van der Waals surface area contributed by atoms with E-state index in [9.17, 15) is 19.1 Å². The summed E-state index contributed by atoms with van der Waals surface area (Å²) < 4.78 is 24.7. The zero-order valence-electron chi connectivity index (χ0n) is 21.2. The molecule has 6 nitrogen and oxygen atoms in total. The van der Waals surface area contributed by atoms with E-state index in [2.05, 4.69) is 0 Å². The fourth-order valence-corrected chi connectivity index (χ4v) is 4.25. The number of benzene rings is 2. The summed E-state index contributed by atoms with van der Waals surface area (Å²) in [6.07, 6.45) is 0.560. The first-order chi connectivity index (χ1) is 16.5. The van der Waals surface area contributed by atoms with Gasteiger partial charge in [0.15, 0.2) is 0 Å². The van der Waals surface area contributed by atoms with Crippen molar-refractivity contribution in [1.29, 1.82) is 0 Å². The third kappa shape index (κ3) is 5.73. The number of aliphatic hydroxyl groups excluding tert-OH is 1. The Kier molecular flexibility index (Phi) is 8.00. The molecule has 2 aromatic carbocycles. The number of ketones is 1. The third-order valence-electron chi connectivity index (χ3n) is 6.00. The Balaban J connectivity index is 2.11. The molecule has 188 valence electrons. The maximum Gasteiger partial charge on any atom is 0.295 e. The van der Waals surface area contributed by atoms with E-state index in [0.29, 0.717) is 29.9 Å². The second-order valence-electron chi connectivity index (χ2n) is 9.98. The first-order valence-corrected chi connectivity index (χ1v) is 11.8. The van der Waals surface area contributed by atoms with Crippen molar-refractivity contribution >= 4 is 17.4 Å². The highest BCUT2D eigenvalue weighted by atomic mass is 19.1. The number of ether oxygens (including phenoxy) is 2. The molecule has 0 aliphatic carbocycles. The zero-order chi connectivity index (χ0) is 25.9. The van der Waals surface area contributed by atoms with Crippen molar-refractivity contribution in [1.82, 2.24) is 4.90 Å². The molecule has 1 atom stereocenters. The van der Waals surface area contributed by atoms with E-state index in [4.69, 9.17) is 9.47 Å². The summed E-state index contributed by atoms with van der Waals surface area (Å²) >= 11 is 0. The molecule has 1 heterocycles. The number of likely N-dealkylation sites (tertiary alicyclic amines) is 1. The van der Waals surface area contributed by atoms with Gasteiger partial charge < -0.3 is 19.5 Å². The largest absolute Gasteiger partial charge is 0.507 e.